The molecule has 3 fully saturated rings. The van der Waals surface area contributed by atoms with Crippen molar-refractivity contribution in [1.29, 1.82) is 0 Å². The van der Waals surface area contributed by atoms with Gasteiger partial charge in [0.05, 0.1) is 28.9 Å². The minimum absolute atomic E-state index is 0.0481. The molecule has 0 atom stereocenters. The topological polar surface area (TPSA) is 118 Å². The largest absolute Gasteiger partial charge is 0.370 e. The van der Waals surface area contributed by atoms with Crippen LogP contribution in [0.4, 0.5) is 14.5 Å². The van der Waals surface area contributed by atoms with Crippen LogP contribution in [0.3, 0.4) is 0 Å². The van der Waals surface area contributed by atoms with E-state index in [9.17, 15) is 22.0 Å². The van der Waals surface area contributed by atoms with Gasteiger partial charge in [-0.2, -0.15) is 5.10 Å². The Kier molecular flexibility index (Phi) is 6.75. The maximum atomic E-state index is 13.5. The van der Waals surface area contributed by atoms with E-state index >= 15 is 0 Å². The number of carbonyl (C=O) groups excluding carboxylic acids is 1. The predicted octanol–water partition coefficient (Wildman–Crippen LogP) is 3.56. The number of halogens is 2. The highest BCUT2D eigenvalue weighted by Crippen LogP contribution is 2.42. The number of fused-ring (bicyclic) bond motifs is 1. The molecule has 2 aromatic heterocycles. The molecule has 3 aromatic rings. The fourth-order valence-corrected chi connectivity index (χ4v) is 7.67. The molecule has 0 spiro atoms. The van der Waals surface area contributed by atoms with Crippen molar-refractivity contribution in [3.05, 3.63) is 28.6 Å². The zero-order valence-electron chi connectivity index (χ0n) is 21.8. The van der Waals surface area contributed by atoms with Crippen LogP contribution in [0.15, 0.2) is 17.0 Å². The second-order valence-corrected chi connectivity index (χ2v) is 13.3. The SMILES string of the molecule is [C-]#[N+]C1(NS(=O)(=O)c2cc(N3CCC(C(=O)N4CCCC4)CC3)c3c(c2)c(-c2nnc(C(F)F)s2)nn3C)CC1. The van der Waals surface area contributed by atoms with Gasteiger partial charge < -0.3 is 9.80 Å². The predicted molar refractivity (Wildman–Crippen MR) is 144 cm³/mol. The van der Waals surface area contributed by atoms with E-state index in [4.69, 9.17) is 6.57 Å². The maximum Gasteiger partial charge on any atom is 0.299 e. The molecule has 1 amide bonds. The molecule has 1 aromatic carbocycles. The van der Waals surface area contributed by atoms with Crippen LogP contribution in [0.5, 0.6) is 0 Å². The molecule has 0 radical (unpaired) electrons. The van der Waals surface area contributed by atoms with Gasteiger partial charge in [0.1, 0.15) is 5.69 Å². The first kappa shape index (κ1) is 27.0. The molecule has 1 aliphatic carbocycles. The van der Waals surface area contributed by atoms with Gasteiger partial charge in [-0.05, 0) is 37.8 Å². The van der Waals surface area contributed by atoms with E-state index in [1.54, 1.807) is 17.8 Å². The van der Waals surface area contributed by atoms with Gasteiger partial charge in [0.25, 0.3) is 12.1 Å². The average Bonchev–Trinajstić information content (AvgIpc) is 3.33. The third kappa shape index (κ3) is 4.82. The van der Waals surface area contributed by atoms with Crippen molar-refractivity contribution in [2.45, 2.75) is 55.5 Å². The number of rotatable bonds is 7. The number of hydrogen-bond donors (Lipinski definition) is 1. The lowest BCUT2D eigenvalue weighted by molar-refractivity contribution is -0.135. The Labute approximate surface area is 234 Å². The summed E-state index contributed by atoms with van der Waals surface area (Å²) < 4.78 is 57.6. The van der Waals surface area contributed by atoms with E-state index in [1.165, 1.54) is 6.07 Å². The molecule has 3 aliphatic rings. The third-order valence-corrected chi connectivity index (χ3v) is 10.3. The van der Waals surface area contributed by atoms with Crippen molar-refractivity contribution in [2.75, 3.05) is 31.1 Å². The Bertz CT molecular complexity index is 1610. The highest BCUT2D eigenvalue weighted by Gasteiger charge is 2.54. The third-order valence-electron chi connectivity index (χ3n) is 7.90. The molecule has 4 heterocycles. The number of nitrogens with one attached hydrogen (secondary N) is 1. The summed E-state index contributed by atoms with van der Waals surface area (Å²) in [5, 5.41) is 12.2. The smallest absolute Gasteiger partial charge is 0.299 e. The monoisotopic (exact) mass is 590 g/mol. The van der Waals surface area contributed by atoms with Crippen molar-refractivity contribution in [2.24, 2.45) is 13.0 Å². The van der Waals surface area contributed by atoms with E-state index < -0.39 is 27.1 Å². The van der Waals surface area contributed by atoms with Crippen molar-refractivity contribution >= 4 is 43.9 Å². The number of carbonyl (C=O) groups is 1. The van der Waals surface area contributed by atoms with Crippen LogP contribution in [0, 0.1) is 12.5 Å². The summed E-state index contributed by atoms with van der Waals surface area (Å²) in [6.45, 7) is 10.1. The number of sulfonamides is 1. The molecule has 40 heavy (non-hydrogen) atoms. The zero-order valence-corrected chi connectivity index (χ0v) is 23.4. The number of benzene rings is 1. The van der Waals surface area contributed by atoms with E-state index in [2.05, 4.69) is 24.9 Å². The van der Waals surface area contributed by atoms with Gasteiger partial charge in [-0.1, -0.05) is 11.3 Å². The molecule has 1 saturated carbocycles. The fraction of sp³-hybridized carbons (Fsp3) is 0.560. The summed E-state index contributed by atoms with van der Waals surface area (Å²) in [5.41, 5.74) is 0.354. The summed E-state index contributed by atoms with van der Waals surface area (Å²) in [4.78, 5) is 20.4. The lowest BCUT2D eigenvalue weighted by Crippen LogP contribution is -2.42. The van der Waals surface area contributed by atoms with Gasteiger partial charge in [-0.25, -0.2) is 23.8 Å². The number of aromatic nitrogens is 4. The Balaban J connectivity index is 1.40. The van der Waals surface area contributed by atoms with Crippen LogP contribution in [0.25, 0.3) is 26.4 Å². The normalized spacial score (nSPS) is 19.5. The molecular weight excluding hydrogens is 562 g/mol. The highest BCUT2D eigenvalue weighted by atomic mass is 32.2. The van der Waals surface area contributed by atoms with Crippen LogP contribution < -0.4 is 9.62 Å². The van der Waals surface area contributed by atoms with Crippen LogP contribution in [-0.2, 0) is 21.9 Å². The van der Waals surface area contributed by atoms with Crippen LogP contribution in [0.1, 0.15) is 50.0 Å². The maximum absolute atomic E-state index is 13.5. The summed E-state index contributed by atoms with van der Waals surface area (Å²) in [6.07, 6.45) is 1.40. The molecule has 212 valence electrons. The summed E-state index contributed by atoms with van der Waals surface area (Å²) in [7, 11) is -2.39. The average molecular weight is 591 g/mol. The van der Waals surface area contributed by atoms with Gasteiger partial charge in [0.15, 0.2) is 10.0 Å². The summed E-state index contributed by atoms with van der Waals surface area (Å²) in [5.74, 6) is 0.105. The Morgan fingerprint density at radius 1 is 1.18 bits per heavy atom. The minimum atomic E-state index is -4.09. The van der Waals surface area contributed by atoms with E-state index in [0.29, 0.717) is 66.7 Å². The van der Waals surface area contributed by atoms with E-state index in [-0.39, 0.29) is 27.4 Å². The molecule has 15 heteroatoms. The van der Waals surface area contributed by atoms with Crippen LogP contribution in [0.2, 0.25) is 0 Å². The van der Waals surface area contributed by atoms with Crippen molar-refractivity contribution in [1.82, 2.24) is 29.6 Å². The molecule has 11 nitrogen and oxygen atoms in total. The number of aryl methyl sites for hydroxylation is 1. The number of likely N-dealkylation sites (tertiary alicyclic amines) is 1. The van der Waals surface area contributed by atoms with Crippen LogP contribution in [-0.4, -0.2) is 71.0 Å². The Hall–Kier alpha value is -3.22. The minimum Gasteiger partial charge on any atom is -0.370 e. The summed E-state index contributed by atoms with van der Waals surface area (Å²) >= 11 is 0.708. The Morgan fingerprint density at radius 3 is 2.48 bits per heavy atom. The molecule has 2 saturated heterocycles. The lowest BCUT2D eigenvalue weighted by atomic mass is 9.94. The number of piperidine rings is 1. The Morgan fingerprint density at radius 2 is 1.88 bits per heavy atom. The quantitative estimate of drug-likeness (QED) is 0.418. The molecule has 1 N–H and O–H groups in total. The van der Waals surface area contributed by atoms with Crippen molar-refractivity contribution in [3.8, 4) is 10.7 Å². The molecule has 0 unspecified atom stereocenters. The number of hydrogen-bond acceptors (Lipinski definition) is 8. The number of amides is 1. The van der Waals surface area contributed by atoms with Gasteiger partial charge >= 0.3 is 0 Å². The lowest BCUT2D eigenvalue weighted by Gasteiger charge is -2.35. The zero-order chi connectivity index (χ0) is 28.2. The van der Waals surface area contributed by atoms with E-state index in [1.807, 2.05) is 9.80 Å². The molecular formula is C25H28F2N8O3S2. The first-order chi connectivity index (χ1) is 19.1. The summed E-state index contributed by atoms with van der Waals surface area (Å²) in [6, 6.07) is 3.03. The van der Waals surface area contributed by atoms with Gasteiger partial charge in [-0.15, -0.1) is 14.9 Å². The number of anilines is 1. The van der Waals surface area contributed by atoms with Gasteiger partial charge in [-0.3, -0.25) is 14.3 Å². The fourth-order valence-electron chi connectivity index (χ4n) is 5.57. The van der Waals surface area contributed by atoms with Crippen LogP contribution >= 0.6 is 11.3 Å². The molecule has 2 aliphatic heterocycles. The van der Waals surface area contributed by atoms with Crippen molar-refractivity contribution < 1.29 is 22.0 Å². The second-order valence-electron chi connectivity index (χ2n) is 10.6. The molecule has 0 bridgehead atoms. The van der Waals surface area contributed by atoms with Gasteiger partial charge in [0, 0.05) is 44.5 Å². The molecule has 6 rings (SSSR count). The number of alkyl halides is 2. The van der Waals surface area contributed by atoms with Gasteiger partial charge in [0.2, 0.25) is 15.9 Å². The second kappa shape index (κ2) is 10.0. The first-order valence-corrected chi connectivity index (χ1v) is 15.5. The highest BCUT2D eigenvalue weighted by molar-refractivity contribution is 7.89. The standard InChI is InChI=1S/C25H28F2N8O3S2/c1-28-25(7-8-25)32-40(37,38)16-13-17-19(22-29-30-23(39-22)21(26)27)31-33(2)20(17)18(14-16)34-11-5-15(6-12-34)24(36)35-9-3-4-10-35/h13-15,21,32H,3-12H2,2H3. The number of nitrogens with zero attached hydrogens (tertiary/aromatic N) is 7. The first-order valence-electron chi connectivity index (χ1n) is 13.2. The van der Waals surface area contributed by atoms with Crippen molar-refractivity contribution in [3.63, 3.8) is 0 Å². The van der Waals surface area contributed by atoms with E-state index in [0.717, 1.165) is 25.9 Å².